The van der Waals surface area contributed by atoms with Crippen LogP contribution in [0, 0.1) is 0 Å². The number of hydrogen-bond donors (Lipinski definition) is 1. The molecule has 0 unspecified atom stereocenters. The molecule has 0 aromatic carbocycles. The summed E-state index contributed by atoms with van der Waals surface area (Å²) in [5, 5.41) is 6.86. The largest absolute Gasteiger partial charge is 0.310 e. The minimum atomic E-state index is 0.922. The molecule has 2 aromatic rings. The predicted octanol–water partition coefficient (Wildman–Crippen LogP) is 3.47. The highest BCUT2D eigenvalue weighted by Gasteiger charge is 2.21. The third-order valence-electron chi connectivity index (χ3n) is 3.02. The van der Waals surface area contributed by atoms with Crippen molar-refractivity contribution >= 4 is 22.7 Å². The number of hydrogen-bond acceptors (Lipinski definition) is 4. The summed E-state index contributed by atoms with van der Waals surface area (Å²) in [6, 6.07) is 2.22. The lowest BCUT2D eigenvalue weighted by molar-refractivity contribution is 0.673. The molecule has 2 heterocycles. The Balaban J connectivity index is 1.84. The molecule has 1 aliphatic carbocycles. The molecule has 0 saturated carbocycles. The molecule has 2 nitrogen and oxygen atoms in total. The van der Waals surface area contributed by atoms with Crippen molar-refractivity contribution in [3.63, 3.8) is 0 Å². The van der Waals surface area contributed by atoms with Crippen molar-refractivity contribution in [2.75, 3.05) is 6.54 Å². The fourth-order valence-electron chi connectivity index (χ4n) is 2.20. The highest BCUT2D eigenvalue weighted by Crippen LogP contribution is 2.38. The van der Waals surface area contributed by atoms with Gasteiger partial charge in [0, 0.05) is 21.9 Å². The smallest absolute Gasteiger partial charge is 0.107 e. The fourth-order valence-corrected chi connectivity index (χ4v) is 4.13. The van der Waals surface area contributed by atoms with Crippen molar-refractivity contribution in [1.29, 1.82) is 0 Å². The van der Waals surface area contributed by atoms with E-state index >= 15 is 0 Å². The van der Waals surface area contributed by atoms with Gasteiger partial charge in [0.25, 0.3) is 0 Å². The lowest BCUT2D eigenvalue weighted by Gasteiger charge is -2.09. The van der Waals surface area contributed by atoms with Crippen LogP contribution in [0.25, 0.3) is 11.3 Å². The van der Waals surface area contributed by atoms with Crippen molar-refractivity contribution in [1.82, 2.24) is 10.3 Å². The second-order valence-corrected chi connectivity index (χ2v) is 6.48. The molecule has 0 spiro atoms. The first kappa shape index (κ1) is 11.4. The minimum Gasteiger partial charge on any atom is -0.310 e. The van der Waals surface area contributed by atoms with E-state index in [1.165, 1.54) is 45.3 Å². The Bertz CT molecular complexity index is 513. The van der Waals surface area contributed by atoms with Gasteiger partial charge in [-0.05, 0) is 37.3 Å². The van der Waals surface area contributed by atoms with Gasteiger partial charge in [-0.3, -0.25) is 0 Å². The standard InChI is InChI=1S/C13H16N2S2/c1-2-6-14-8-12-15-13-9-5-7-16-10(9)3-4-11(13)17-12/h5,7,14H,2-4,6,8H2,1H3. The molecule has 0 amide bonds. The number of aryl methyl sites for hydroxylation is 2. The molecule has 0 aliphatic heterocycles. The van der Waals surface area contributed by atoms with Crippen LogP contribution in [0.2, 0.25) is 0 Å². The first-order valence-corrected chi connectivity index (χ1v) is 7.84. The number of thiophene rings is 1. The van der Waals surface area contributed by atoms with Crippen LogP contribution >= 0.6 is 22.7 Å². The van der Waals surface area contributed by atoms with Gasteiger partial charge >= 0.3 is 0 Å². The van der Waals surface area contributed by atoms with Gasteiger partial charge < -0.3 is 5.32 Å². The lowest BCUT2D eigenvalue weighted by Crippen LogP contribution is -2.13. The zero-order valence-corrected chi connectivity index (χ0v) is 11.6. The van der Waals surface area contributed by atoms with Crippen molar-refractivity contribution in [2.45, 2.75) is 32.7 Å². The van der Waals surface area contributed by atoms with E-state index in [0.717, 1.165) is 13.1 Å². The zero-order chi connectivity index (χ0) is 11.7. The number of rotatable bonds is 4. The Kier molecular flexibility index (Phi) is 3.27. The average Bonchev–Trinajstić information content (AvgIpc) is 2.93. The maximum atomic E-state index is 4.80. The first-order valence-electron chi connectivity index (χ1n) is 6.14. The highest BCUT2D eigenvalue weighted by molar-refractivity contribution is 7.12. The molecule has 1 N–H and O–H groups in total. The molecule has 2 aromatic heterocycles. The number of aromatic nitrogens is 1. The molecular weight excluding hydrogens is 248 g/mol. The Morgan fingerprint density at radius 1 is 1.35 bits per heavy atom. The van der Waals surface area contributed by atoms with Crippen LogP contribution in [0.15, 0.2) is 11.4 Å². The number of nitrogens with zero attached hydrogens (tertiary/aromatic N) is 1. The molecule has 1 aliphatic rings. The quantitative estimate of drug-likeness (QED) is 0.855. The third kappa shape index (κ3) is 2.17. The summed E-state index contributed by atoms with van der Waals surface area (Å²) in [6.07, 6.45) is 3.55. The van der Waals surface area contributed by atoms with Gasteiger partial charge in [-0.1, -0.05) is 6.92 Å². The Labute approximate surface area is 110 Å². The van der Waals surface area contributed by atoms with E-state index in [9.17, 15) is 0 Å². The van der Waals surface area contributed by atoms with Gasteiger partial charge in [-0.25, -0.2) is 4.98 Å². The van der Waals surface area contributed by atoms with Crippen LogP contribution in [-0.2, 0) is 19.4 Å². The monoisotopic (exact) mass is 264 g/mol. The third-order valence-corrected chi connectivity index (χ3v) is 5.12. The second-order valence-electron chi connectivity index (χ2n) is 4.31. The number of thiazole rings is 1. The van der Waals surface area contributed by atoms with Gasteiger partial charge in [-0.2, -0.15) is 0 Å². The molecule has 0 bridgehead atoms. The fraction of sp³-hybridized carbons (Fsp3) is 0.462. The summed E-state index contributed by atoms with van der Waals surface area (Å²) in [5.41, 5.74) is 2.64. The van der Waals surface area contributed by atoms with Crippen LogP contribution in [0.3, 0.4) is 0 Å². The van der Waals surface area contributed by atoms with Crippen molar-refractivity contribution < 1.29 is 0 Å². The lowest BCUT2D eigenvalue weighted by atomic mass is 10.0. The zero-order valence-electron chi connectivity index (χ0n) is 9.95. The second kappa shape index (κ2) is 4.88. The van der Waals surface area contributed by atoms with Crippen LogP contribution in [0.5, 0.6) is 0 Å². The Morgan fingerprint density at radius 3 is 3.12 bits per heavy atom. The molecule has 0 saturated heterocycles. The van der Waals surface area contributed by atoms with Crippen molar-refractivity contribution in [3.8, 4) is 11.3 Å². The minimum absolute atomic E-state index is 0.922. The molecule has 0 atom stereocenters. The maximum absolute atomic E-state index is 4.80. The normalized spacial score (nSPS) is 13.5. The predicted molar refractivity (Wildman–Crippen MR) is 74.8 cm³/mol. The molecule has 0 radical (unpaired) electrons. The molecule has 90 valence electrons. The van der Waals surface area contributed by atoms with Crippen LogP contribution in [0.4, 0.5) is 0 Å². The van der Waals surface area contributed by atoms with E-state index < -0.39 is 0 Å². The van der Waals surface area contributed by atoms with Gasteiger partial charge in [0.15, 0.2) is 0 Å². The van der Waals surface area contributed by atoms with Crippen LogP contribution in [0.1, 0.15) is 28.1 Å². The summed E-state index contributed by atoms with van der Waals surface area (Å²) in [5.74, 6) is 0. The molecule has 0 fully saturated rings. The van der Waals surface area contributed by atoms with E-state index in [4.69, 9.17) is 4.98 Å². The average molecular weight is 264 g/mol. The Morgan fingerprint density at radius 2 is 2.24 bits per heavy atom. The van der Waals surface area contributed by atoms with Gasteiger partial charge in [0.05, 0.1) is 5.69 Å². The summed E-state index contributed by atoms with van der Waals surface area (Å²) >= 11 is 3.75. The Hall–Kier alpha value is -0.710. The summed E-state index contributed by atoms with van der Waals surface area (Å²) in [4.78, 5) is 7.79. The van der Waals surface area contributed by atoms with E-state index in [1.54, 1.807) is 0 Å². The topological polar surface area (TPSA) is 24.9 Å². The van der Waals surface area contributed by atoms with E-state index in [2.05, 4.69) is 23.7 Å². The molecule has 3 rings (SSSR count). The van der Waals surface area contributed by atoms with Crippen LogP contribution in [-0.4, -0.2) is 11.5 Å². The van der Waals surface area contributed by atoms with Gasteiger partial charge in [0.1, 0.15) is 5.01 Å². The van der Waals surface area contributed by atoms with Crippen molar-refractivity contribution in [2.24, 2.45) is 0 Å². The van der Waals surface area contributed by atoms with Crippen LogP contribution < -0.4 is 5.32 Å². The number of fused-ring (bicyclic) bond motifs is 3. The highest BCUT2D eigenvalue weighted by atomic mass is 32.1. The first-order chi connectivity index (χ1) is 8.38. The molecule has 17 heavy (non-hydrogen) atoms. The van der Waals surface area contributed by atoms with E-state index in [-0.39, 0.29) is 0 Å². The summed E-state index contributed by atoms with van der Waals surface area (Å²) in [6.45, 7) is 4.19. The molecular formula is C13H16N2S2. The molecule has 4 heteroatoms. The number of nitrogens with one attached hydrogen (secondary N) is 1. The van der Waals surface area contributed by atoms with Gasteiger partial charge in [0.2, 0.25) is 0 Å². The van der Waals surface area contributed by atoms with Gasteiger partial charge in [-0.15, -0.1) is 22.7 Å². The van der Waals surface area contributed by atoms with E-state index in [1.807, 2.05) is 22.7 Å². The summed E-state index contributed by atoms with van der Waals surface area (Å²) in [7, 11) is 0. The maximum Gasteiger partial charge on any atom is 0.107 e. The summed E-state index contributed by atoms with van der Waals surface area (Å²) < 4.78 is 0. The SMILES string of the molecule is CCCNCc1nc2c(s1)CCc1sccc1-2. The van der Waals surface area contributed by atoms with Crippen molar-refractivity contribution in [3.05, 3.63) is 26.2 Å². The van der Waals surface area contributed by atoms with E-state index in [0.29, 0.717) is 0 Å².